The molecule has 2 rings (SSSR count). The van der Waals surface area contributed by atoms with Crippen LogP contribution in [-0.2, 0) is 9.53 Å². The molecule has 0 heterocycles. The van der Waals surface area contributed by atoms with Crippen molar-refractivity contribution in [1.82, 2.24) is 0 Å². The Morgan fingerprint density at radius 3 is 2.48 bits per heavy atom. The number of nitrogens with one attached hydrogen (secondary N) is 1. The summed E-state index contributed by atoms with van der Waals surface area (Å²) in [6.45, 7) is -0.685. The molecule has 0 aliphatic heterocycles. The Bertz CT molecular complexity index is 795. The molecular weight excluding hydrogens is 336 g/mol. The van der Waals surface area contributed by atoms with Gasteiger partial charge in [0.25, 0.3) is 5.91 Å². The lowest BCUT2D eigenvalue weighted by Gasteiger charge is -2.12. The lowest BCUT2D eigenvalue weighted by Crippen LogP contribution is -2.21. The first-order valence-electron chi connectivity index (χ1n) is 7.08. The fourth-order valence-corrected chi connectivity index (χ4v) is 1.96. The highest BCUT2D eigenvalue weighted by molar-refractivity contribution is 5.96. The molecule has 0 unspecified atom stereocenters. The van der Waals surface area contributed by atoms with E-state index in [-0.39, 0.29) is 0 Å². The number of anilines is 1. The van der Waals surface area contributed by atoms with Gasteiger partial charge in [-0.2, -0.15) is 0 Å². The molecule has 0 spiro atoms. The van der Waals surface area contributed by atoms with E-state index >= 15 is 0 Å². The molecule has 0 bridgehead atoms. The van der Waals surface area contributed by atoms with Crippen molar-refractivity contribution in [2.24, 2.45) is 0 Å². The van der Waals surface area contributed by atoms with Crippen LogP contribution in [0, 0.1) is 11.6 Å². The molecule has 0 fully saturated rings. The van der Waals surface area contributed by atoms with Gasteiger partial charge in [0.2, 0.25) is 0 Å². The fourth-order valence-electron chi connectivity index (χ4n) is 1.96. The third-order valence-electron chi connectivity index (χ3n) is 3.16. The molecule has 0 aliphatic carbocycles. The molecule has 6 nitrogen and oxygen atoms in total. The zero-order valence-electron chi connectivity index (χ0n) is 13.5. The highest BCUT2D eigenvalue weighted by Crippen LogP contribution is 2.28. The topological polar surface area (TPSA) is 73.9 Å². The van der Waals surface area contributed by atoms with E-state index in [4.69, 9.17) is 14.2 Å². The van der Waals surface area contributed by atoms with E-state index in [9.17, 15) is 18.4 Å². The third kappa shape index (κ3) is 4.66. The lowest BCUT2D eigenvalue weighted by molar-refractivity contribution is -0.119. The van der Waals surface area contributed by atoms with Gasteiger partial charge < -0.3 is 19.5 Å². The van der Waals surface area contributed by atoms with Crippen LogP contribution in [0.25, 0.3) is 0 Å². The highest BCUT2D eigenvalue weighted by Gasteiger charge is 2.16. The summed E-state index contributed by atoms with van der Waals surface area (Å²) >= 11 is 0. The molecule has 0 saturated carbocycles. The minimum absolute atomic E-state index is 0.305. The Balaban J connectivity index is 2.01. The standard InChI is InChI=1S/C17H15F2NO5/c1-23-11-4-6-15(24-2)14(8-11)20-16(21)9-25-17(22)12-7-10(18)3-5-13(12)19/h3-8H,9H2,1-2H3,(H,20,21). The lowest BCUT2D eigenvalue weighted by atomic mass is 10.2. The largest absolute Gasteiger partial charge is 0.497 e. The van der Waals surface area contributed by atoms with Gasteiger partial charge in [-0.1, -0.05) is 0 Å². The van der Waals surface area contributed by atoms with Gasteiger partial charge in [0.05, 0.1) is 25.5 Å². The van der Waals surface area contributed by atoms with Crippen molar-refractivity contribution >= 4 is 17.6 Å². The quantitative estimate of drug-likeness (QED) is 0.810. The molecule has 0 saturated heterocycles. The van der Waals surface area contributed by atoms with E-state index in [0.717, 1.165) is 12.1 Å². The van der Waals surface area contributed by atoms with E-state index < -0.39 is 35.7 Å². The van der Waals surface area contributed by atoms with Crippen molar-refractivity contribution in [2.45, 2.75) is 0 Å². The van der Waals surface area contributed by atoms with Crippen molar-refractivity contribution in [2.75, 3.05) is 26.1 Å². The maximum absolute atomic E-state index is 13.5. The van der Waals surface area contributed by atoms with E-state index in [2.05, 4.69) is 5.32 Å². The second kappa shape index (κ2) is 8.09. The summed E-state index contributed by atoms with van der Waals surface area (Å²) in [7, 11) is 2.88. The normalized spacial score (nSPS) is 10.1. The zero-order valence-corrected chi connectivity index (χ0v) is 13.5. The summed E-state index contributed by atoms with van der Waals surface area (Å²) < 4.78 is 41.4. The van der Waals surface area contributed by atoms with Crippen LogP contribution < -0.4 is 14.8 Å². The number of hydrogen-bond donors (Lipinski definition) is 1. The summed E-state index contributed by atoms with van der Waals surface area (Å²) in [4.78, 5) is 23.7. The van der Waals surface area contributed by atoms with Crippen LogP contribution >= 0.6 is 0 Å². The number of rotatable bonds is 6. The second-order valence-electron chi connectivity index (χ2n) is 4.81. The van der Waals surface area contributed by atoms with Crippen molar-refractivity contribution < 1.29 is 32.6 Å². The minimum atomic E-state index is -1.15. The molecular formula is C17H15F2NO5. The van der Waals surface area contributed by atoms with Crippen molar-refractivity contribution in [3.05, 3.63) is 53.6 Å². The molecule has 1 N–H and O–H groups in total. The van der Waals surface area contributed by atoms with Gasteiger partial charge in [-0.25, -0.2) is 13.6 Å². The van der Waals surface area contributed by atoms with Crippen molar-refractivity contribution in [3.8, 4) is 11.5 Å². The molecule has 25 heavy (non-hydrogen) atoms. The highest BCUT2D eigenvalue weighted by atomic mass is 19.1. The van der Waals surface area contributed by atoms with E-state index in [1.807, 2.05) is 0 Å². The predicted molar refractivity (Wildman–Crippen MR) is 84.8 cm³/mol. The monoisotopic (exact) mass is 351 g/mol. The van der Waals surface area contributed by atoms with Gasteiger partial charge in [-0.05, 0) is 30.3 Å². The maximum atomic E-state index is 13.5. The van der Waals surface area contributed by atoms with E-state index in [1.165, 1.54) is 20.3 Å². The molecule has 1 amide bonds. The SMILES string of the molecule is COc1ccc(OC)c(NC(=O)COC(=O)c2cc(F)ccc2F)c1. The summed E-state index contributed by atoms with van der Waals surface area (Å²) in [5.41, 5.74) is -0.286. The fraction of sp³-hybridized carbons (Fsp3) is 0.176. The first-order chi connectivity index (χ1) is 11.9. The van der Waals surface area contributed by atoms with Gasteiger partial charge in [0, 0.05) is 6.07 Å². The van der Waals surface area contributed by atoms with Crippen LogP contribution in [0.15, 0.2) is 36.4 Å². The Morgan fingerprint density at radius 1 is 1.04 bits per heavy atom. The number of carbonyl (C=O) groups is 2. The van der Waals surface area contributed by atoms with Crippen LogP contribution in [-0.4, -0.2) is 32.7 Å². The van der Waals surface area contributed by atoms with Crippen LogP contribution in [0.3, 0.4) is 0 Å². The Hall–Kier alpha value is -3.16. The van der Waals surface area contributed by atoms with Gasteiger partial charge in [-0.15, -0.1) is 0 Å². The van der Waals surface area contributed by atoms with Gasteiger partial charge in [0.15, 0.2) is 6.61 Å². The number of amides is 1. The molecule has 0 aromatic heterocycles. The molecule has 0 aliphatic rings. The number of benzene rings is 2. The van der Waals surface area contributed by atoms with Gasteiger partial charge >= 0.3 is 5.97 Å². The zero-order chi connectivity index (χ0) is 18.4. The number of esters is 1. The number of carbonyl (C=O) groups excluding carboxylic acids is 2. The Labute approximate surface area is 142 Å². The maximum Gasteiger partial charge on any atom is 0.341 e. The number of methoxy groups -OCH3 is 2. The summed E-state index contributed by atoms with van der Waals surface area (Å²) in [6, 6.07) is 7.11. The Kier molecular flexibility index (Phi) is 5.89. The van der Waals surface area contributed by atoms with E-state index in [0.29, 0.717) is 23.3 Å². The van der Waals surface area contributed by atoms with Crippen LogP contribution in [0.1, 0.15) is 10.4 Å². The second-order valence-corrected chi connectivity index (χ2v) is 4.81. The van der Waals surface area contributed by atoms with Gasteiger partial charge in [-0.3, -0.25) is 4.79 Å². The minimum Gasteiger partial charge on any atom is -0.497 e. The summed E-state index contributed by atoms with van der Waals surface area (Å²) in [6.07, 6.45) is 0. The molecule has 2 aromatic rings. The van der Waals surface area contributed by atoms with E-state index in [1.54, 1.807) is 12.1 Å². The average Bonchev–Trinajstić information content (AvgIpc) is 2.61. The van der Waals surface area contributed by atoms with Crippen molar-refractivity contribution in [1.29, 1.82) is 0 Å². The molecule has 8 heteroatoms. The molecule has 0 atom stereocenters. The molecule has 2 aromatic carbocycles. The number of halogens is 2. The van der Waals surface area contributed by atoms with Crippen molar-refractivity contribution in [3.63, 3.8) is 0 Å². The predicted octanol–water partition coefficient (Wildman–Crippen LogP) is 2.78. The third-order valence-corrected chi connectivity index (χ3v) is 3.16. The van der Waals surface area contributed by atoms with Gasteiger partial charge in [0.1, 0.15) is 23.1 Å². The average molecular weight is 351 g/mol. The summed E-state index contributed by atoms with van der Waals surface area (Å²) in [5, 5.41) is 2.48. The van der Waals surface area contributed by atoms with Crippen LogP contribution in [0.5, 0.6) is 11.5 Å². The van der Waals surface area contributed by atoms with Crippen LogP contribution in [0.4, 0.5) is 14.5 Å². The number of hydrogen-bond acceptors (Lipinski definition) is 5. The molecule has 0 radical (unpaired) electrons. The Morgan fingerprint density at radius 2 is 1.80 bits per heavy atom. The first-order valence-corrected chi connectivity index (χ1v) is 7.08. The smallest absolute Gasteiger partial charge is 0.341 e. The van der Waals surface area contributed by atoms with Crippen LogP contribution in [0.2, 0.25) is 0 Å². The molecule has 132 valence electrons. The number of ether oxygens (including phenoxy) is 3. The first kappa shape index (κ1) is 18.2. The summed E-state index contributed by atoms with van der Waals surface area (Å²) in [5.74, 6) is -2.71.